The SMILES string of the molecule is CCOc1ccc(-n2nnc3cnc(NC4CCCC4)nc32)nc1.NC(=O)O. The van der Waals surface area contributed by atoms with E-state index in [0.29, 0.717) is 35.6 Å². The molecule has 11 nitrogen and oxygen atoms in total. The van der Waals surface area contributed by atoms with Crippen LogP contribution in [0.25, 0.3) is 17.0 Å². The topological polar surface area (TPSA) is 154 Å². The Morgan fingerprint density at radius 1 is 1.32 bits per heavy atom. The highest BCUT2D eigenvalue weighted by atomic mass is 16.5. The number of nitrogens with two attached hydrogens (primary N) is 1. The second kappa shape index (κ2) is 8.93. The van der Waals surface area contributed by atoms with Crippen LogP contribution in [0.15, 0.2) is 24.5 Å². The third kappa shape index (κ3) is 4.81. The van der Waals surface area contributed by atoms with Crippen molar-refractivity contribution in [3.8, 4) is 11.6 Å². The van der Waals surface area contributed by atoms with Crippen LogP contribution >= 0.6 is 0 Å². The van der Waals surface area contributed by atoms with Crippen molar-refractivity contribution in [1.29, 1.82) is 0 Å². The molecule has 28 heavy (non-hydrogen) atoms. The van der Waals surface area contributed by atoms with E-state index in [0.717, 1.165) is 5.75 Å². The second-order valence-electron chi connectivity index (χ2n) is 6.15. The van der Waals surface area contributed by atoms with E-state index in [1.807, 2.05) is 19.1 Å². The standard InChI is InChI=1S/C16H19N7O.CH3NO2/c1-2-24-12-7-8-14(17-9-12)23-15-13(21-22-23)10-18-16(20-15)19-11-5-3-4-6-11;2-1(3)4/h7-11H,2-6H2,1H3,(H,18,19,20);2H2,(H,3,4). The summed E-state index contributed by atoms with van der Waals surface area (Å²) in [6.45, 7) is 2.55. The van der Waals surface area contributed by atoms with Crippen molar-refractivity contribution in [2.24, 2.45) is 5.73 Å². The van der Waals surface area contributed by atoms with Crippen molar-refractivity contribution in [1.82, 2.24) is 29.9 Å². The van der Waals surface area contributed by atoms with Crippen molar-refractivity contribution in [2.45, 2.75) is 38.6 Å². The quantitative estimate of drug-likeness (QED) is 0.597. The maximum Gasteiger partial charge on any atom is 0.402 e. The molecular formula is C17H22N8O3. The fourth-order valence-corrected chi connectivity index (χ4v) is 2.95. The molecule has 4 rings (SSSR count). The lowest BCUT2D eigenvalue weighted by atomic mass is 10.2. The molecule has 3 heterocycles. The zero-order valence-electron chi connectivity index (χ0n) is 15.4. The summed E-state index contributed by atoms with van der Waals surface area (Å²) < 4.78 is 7.03. The maximum absolute atomic E-state index is 8.78. The van der Waals surface area contributed by atoms with Gasteiger partial charge in [0.1, 0.15) is 5.75 Å². The van der Waals surface area contributed by atoms with Gasteiger partial charge in [-0.3, -0.25) is 0 Å². The predicted octanol–water partition coefficient (Wildman–Crippen LogP) is 1.98. The fraction of sp³-hybridized carbons (Fsp3) is 0.412. The number of anilines is 1. The highest BCUT2D eigenvalue weighted by molar-refractivity contribution is 5.71. The summed E-state index contributed by atoms with van der Waals surface area (Å²) in [4.78, 5) is 22.1. The molecule has 1 saturated carbocycles. The Bertz CT molecular complexity index is 918. The molecule has 0 aromatic carbocycles. The normalized spacial score (nSPS) is 13.8. The molecule has 1 amide bonds. The number of fused-ring (bicyclic) bond motifs is 1. The van der Waals surface area contributed by atoms with E-state index in [1.165, 1.54) is 25.7 Å². The fourth-order valence-electron chi connectivity index (χ4n) is 2.95. The summed E-state index contributed by atoms with van der Waals surface area (Å²) in [6, 6.07) is 4.15. The van der Waals surface area contributed by atoms with Crippen molar-refractivity contribution in [3.05, 3.63) is 24.5 Å². The Hall–Kier alpha value is -3.50. The first-order valence-corrected chi connectivity index (χ1v) is 8.99. The van der Waals surface area contributed by atoms with E-state index < -0.39 is 6.09 Å². The number of pyridine rings is 1. The minimum atomic E-state index is -1.33. The minimum absolute atomic E-state index is 0.454. The van der Waals surface area contributed by atoms with Gasteiger partial charge in [0.25, 0.3) is 0 Å². The van der Waals surface area contributed by atoms with Gasteiger partial charge >= 0.3 is 6.09 Å². The number of ether oxygens (including phenoxy) is 1. The molecule has 148 valence electrons. The molecule has 11 heteroatoms. The lowest BCUT2D eigenvalue weighted by Crippen LogP contribution is -2.16. The lowest BCUT2D eigenvalue weighted by Gasteiger charge is -2.11. The summed E-state index contributed by atoms with van der Waals surface area (Å²) in [5.41, 5.74) is 5.31. The Labute approximate surface area is 161 Å². The van der Waals surface area contributed by atoms with E-state index in [-0.39, 0.29) is 0 Å². The summed E-state index contributed by atoms with van der Waals surface area (Å²) in [5, 5.41) is 18.9. The third-order valence-corrected chi connectivity index (χ3v) is 4.13. The molecule has 3 aromatic rings. The number of carbonyl (C=O) groups is 1. The summed E-state index contributed by atoms with van der Waals surface area (Å²) >= 11 is 0. The minimum Gasteiger partial charge on any atom is -0.492 e. The zero-order valence-corrected chi connectivity index (χ0v) is 15.4. The number of amides is 1. The number of nitrogens with zero attached hydrogens (tertiary/aromatic N) is 6. The number of hydrogen-bond donors (Lipinski definition) is 3. The van der Waals surface area contributed by atoms with Gasteiger partial charge in [0, 0.05) is 6.04 Å². The molecule has 0 aliphatic heterocycles. The first-order valence-electron chi connectivity index (χ1n) is 8.99. The zero-order chi connectivity index (χ0) is 19.9. The summed E-state index contributed by atoms with van der Waals surface area (Å²) in [5.74, 6) is 1.99. The Kier molecular flexibility index (Phi) is 6.14. The molecule has 0 bridgehead atoms. The van der Waals surface area contributed by atoms with Gasteiger partial charge in [-0.15, -0.1) is 5.10 Å². The van der Waals surface area contributed by atoms with Crippen LogP contribution in [-0.2, 0) is 0 Å². The lowest BCUT2D eigenvalue weighted by molar-refractivity contribution is 0.205. The van der Waals surface area contributed by atoms with Crippen LogP contribution < -0.4 is 15.8 Å². The monoisotopic (exact) mass is 386 g/mol. The molecular weight excluding hydrogens is 364 g/mol. The summed E-state index contributed by atoms with van der Waals surface area (Å²) in [7, 11) is 0. The Balaban J connectivity index is 0.000000516. The van der Waals surface area contributed by atoms with E-state index in [4.69, 9.17) is 14.6 Å². The van der Waals surface area contributed by atoms with Gasteiger partial charge in [-0.05, 0) is 31.9 Å². The number of rotatable bonds is 5. The van der Waals surface area contributed by atoms with Gasteiger partial charge < -0.3 is 20.9 Å². The van der Waals surface area contributed by atoms with Crippen LogP contribution in [0.3, 0.4) is 0 Å². The predicted molar refractivity (Wildman–Crippen MR) is 102 cm³/mol. The molecule has 1 aliphatic carbocycles. The van der Waals surface area contributed by atoms with Crippen molar-refractivity contribution >= 4 is 23.2 Å². The van der Waals surface area contributed by atoms with Gasteiger partial charge in [0.15, 0.2) is 17.0 Å². The molecule has 0 saturated heterocycles. The average Bonchev–Trinajstić information content (AvgIpc) is 3.32. The number of primary amides is 1. The number of aromatic nitrogens is 6. The van der Waals surface area contributed by atoms with Crippen molar-refractivity contribution in [3.63, 3.8) is 0 Å². The van der Waals surface area contributed by atoms with Crippen molar-refractivity contribution in [2.75, 3.05) is 11.9 Å². The molecule has 0 unspecified atom stereocenters. The average molecular weight is 386 g/mol. The van der Waals surface area contributed by atoms with Gasteiger partial charge in [-0.1, -0.05) is 18.1 Å². The second-order valence-corrected chi connectivity index (χ2v) is 6.15. The van der Waals surface area contributed by atoms with Crippen LogP contribution in [0, 0.1) is 0 Å². The van der Waals surface area contributed by atoms with Crippen LogP contribution in [0.4, 0.5) is 10.7 Å². The summed E-state index contributed by atoms with van der Waals surface area (Å²) in [6.07, 6.45) is 6.88. The molecule has 0 radical (unpaired) electrons. The largest absolute Gasteiger partial charge is 0.492 e. The van der Waals surface area contributed by atoms with Crippen LogP contribution in [0.1, 0.15) is 32.6 Å². The van der Waals surface area contributed by atoms with Crippen molar-refractivity contribution < 1.29 is 14.6 Å². The highest BCUT2D eigenvalue weighted by Crippen LogP contribution is 2.22. The van der Waals surface area contributed by atoms with Gasteiger partial charge in [0.05, 0.1) is 19.0 Å². The molecule has 0 spiro atoms. The first-order chi connectivity index (χ1) is 13.6. The van der Waals surface area contributed by atoms with E-state index >= 15 is 0 Å². The third-order valence-electron chi connectivity index (χ3n) is 4.13. The molecule has 0 atom stereocenters. The van der Waals surface area contributed by atoms with E-state index in [9.17, 15) is 0 Å². The highest BCUT2D eigenvalue weighted by Gasteiger charge is 2.17. The van der Waals surface area contributed by atoms with Crippen LogP contribution in [0.5, 0.6) is 5.75 Å². The number of carboxylic acid groups (broad SMARTS) is 1. The molecule has 4 N–H and O–H groups in total. The first kappa shape index (κ1) is 19.3. The van der Waals surface area contributed by atoms with Gasteiger partial charge in [-0.25, -0.2) is 14.8 Å². The Morgan fingerprint density at radius 2 is 2.07 bits per heavy atom. The molecule has 3 aromatic heterocycles. The van der Waals surface area contributed by atoms with Gasteiger partial charge in [0.2, 0.25) is 5.95 Å². The van der Waals surface area contributed by atoms with Gasteiger partial charge in [-0.2, -0.15) is 9.67 Å². The van der Waals surface area contributed by atoms with E-state index in [2.05, 4.69) is 36.3 Å². The maximum atomic E-state index is 8.78. The smallest absolute Gasteiger partial charge is 0.402 e. The number of hydrogen-bond acceptors (Lipinski definition) is 8. The van der Waals surface area contributed by atoms with Crippen LogP contribution in [0.2, 0.25) is 0 Å². The molecule has 1 fully saturated rings. The number of nitrogens with one attached hydrogen (secondary N) is 1. The Morgan fingerprint density at radius 3 is 2.71 bits per heavy atom. The van der Waals surface area contributed by atoms with E-state index in [1.54, 1.807) is 17.1 Å². The molecule has 1 aliphatic rings. The van der Waals surface area contributed by atoms with Crippen LogP contribution in [-0.4, -0.2) is 53.8 Å².